The van der Waals surface area contributed by atoms with E-state index in [1.807, 2.05) is 12.1 Å². The van der Waals surface area contributed by atoms with E-state index in [1.165, 1.54) is 32.1 Å². The number of likely N-dealkylation sites (N-methyl/N-ethyl adjacent to an activating group) is 1. The Labute approximate surface area is 195 Å². The lowest BCUT2D eigenvalue weighted by Crippen LogP contribution is -2.57. The van der Waals surface area contributed by atoms with E-state index in [9.17, 15) is 4.79 Å². The van der Waals surface area contributed by atoms with Crippen molar-refractivity contribution in [3.63, 3.8) is 0 Å². The second-order valence-corrected chi connectivity index (χ2v) is 9.75. The number of anilines is 1. The van der Waals surface area contributed by atoms with E-state index in [0.29, 0.717) is 17.8 Å². The molecular weight excluding hydrogens is 420 g/mol. The minimum Gasteiger partial charge on any atom is -0.353 e. The van der Waals surface area contributed by atoms with Crippen LogP contribution in [0, 0.1) is 5.92 Å². The predicted molar refractivity (Wildman–Crippen MR) is 125 cm³/mol. The summed E-state index contributed by atoms with van der Waals surface area (Å²) in [5.74, 6) is 2.00. The average Bonchev–Trinajstić information content (AvgIpc) is 3.28. The molecule has 0 aromatic carbocycles. The molecule has 4 rings (SSSR count). The van der Waals surface area contributed by atoms with Crippen LogP contribution in [0.4, 0.5) is 5.82 Å². The summed E-state index contributed by atoms with van der Waals surface area (Å²) >= 11 is 0. The topological polar surface area (TPSA) is 108 Å². The third-order valence-corrected chi connectivity index (χ3v) is 7.16. The smallest absolute Gasteiger partial charge is 0.244 e. The molecule has 1 amide bonds. The molecule has 0 spiro atoms. The first-order chi connectivity index (χ1) is 16.0. The van der Waals surface area contributed by atoms with Crippen LogP contribution >= 0.6 is 0 Å². The highest BCUT2D eigenvalue weighted by molar-refractivity contribution is 5.75. The largest absolute Gasteiger partial charge is 0.353 e. The van der Waals surface area contributed by atoms with Gasteiger partial charge in [-0.05, 0) is 38.6 Å². The van der Waals surface area contributed by atoms with Gasteiger partial charge >= 0.3 is 0 Å². The SMILES string of the molecule is CN(C)C1CN(c2ccc(-c3noc([C@H](CCCC4CCCCC4)CC(=O)NO)n3)cn2)C1. The van der Waals surface area contributed by atoms with E-state index in [2.05, 4.69) is 39.0 Å². The summed E-state index contributed by atoms with van der Waals surface area (Å²) in [7, 11) is 4.19. The molecule has 2 fully saturated rings. The zero-order valence-corrected chi connectivity index (χ0v) is 19.7. The first kappa shape index (κ1) is 23.6. The fraction of sp³-hybridized carbons (Fsp3) is 0.667. The summed E-state index contributed by atoms with van der Waals surface area (Å²) in [6.07, 6.45) is 11.5. The average molecular weight is 457 g/mol. The highest BCUT2D eigenvalue weighted by atomic mass is 16.5. The number of hydrogen-bond acceptors (Lipinski definition) is 8. The zero-order chi connectivity index (χ0) is 23.2. The third kappa shape index (κ3) is 6.09. The Bertz CT molecular complexity index is 888. The van der Waals surface area contributed by atoms with Gasteiger partial charge in [0.2, 0.25) is 17.6 Å². The second kappa shape index (κ2) is 11.1. The predicted octanol–water partition coefficient (Wildman–Crippen LogP) is 3.61. The summed E-state index contributed by atoms with van der Waals surface area (Å²) in [6.45, 7) is 1.95. The molecule has 1 saturated carbocycles. The highest BCUT2D eigenvalue weighted by Crippen LogP contribution is 2.32. The Morgan fingerprint density at radius 2 is 2.06 bits per heavy atom. The second-order valence-electron chi connectivity index (χ2n) is 9.75. The number of carbonyl (C=O) groups is 1. The number of amides is 1. The van der Waals surface area contributed by atoms with Gasteiger partial charge in [0.15, 0.2) is 0 Å². The maximum absolute atomic E-state index is 11.9. The lowest BCUT2D eigenvalue weighted by atomic mass is 9.84. The molecule has 9 nitrogen and oxygen atoms in total. The first-order valence-corrected chi connectivity index (χ1v) is 12.2. The summed E-state index contributed by atoms with van der Waals surface area (Å²) in [6, 6.07) is 4.51. The molecule has 9 heteroatoms. The summed E-state index contributed by atoms with van der Waals surface area (Å²) in [4.78, 5) is 25.5. The molecule has 1 aliphatic heterocycles. The van der Waals surface area contributed by atoms with Crippen molar-refractivity contribution in [2.24, 2.45) is 5.92 Å². The van der Waals surface area contributed by atoms with Gasteiger partial charge in [0.05, 0.1) is 0 Å². The number of carbonyl (C=O) groups excluding carboxylic acids is 1. The van der Waals surface area contributed by atoms with Gasteiger partial charge in [0, 0.05) is 43.2 Å². The van der Waals surface area contributed by atoms with Crippen molar-refractivity contribution in [3.05, 3.63) is 24.2 Å². The van der Waals surface area contributed by atoms with Crippen LogP contribution in [0.25, 0.3) is 11.4 Å². The van der Waals surface area contributed by atoms with E-state index >= 15 is 0 Å². The lowest BCUT2D eigenvalue weighted by molar-refractivity contribution is -0.129. The Morgan fingerprint density at radius 3 is 2.73 bits per heavy atom. The number of rotatable bonds is 10. The lowest BCUT2D eigenvalue weighted by Gasteiger charge is -2.43. The van der Waals surface area contributed by atoms with Crippen molar-refractivity contribution in [1.82, 2.24) is 25.5 Å². The molecule has 0 radical (unpaired) electrons. The van der Waals surface area contributed by atoms with Crippen LogP contribution in [0.5, 0.6) is 0 Å². The number of hydrogen-bond donors (Lipinski definition) is 2. The Kier molecular flexibility index (Phi) is 7.93. The van der Waals surface area contributed by atoms with E-state index in [-0.39, 0.29) is 12.3 Å². The summed E-state index contributed by atoms with van der Waals surface area (Å²) < 4.78 is 5.55. The molecule has 1 saturated heterocycles. The van der Waals surface area contributed by atoms with Gasteiger partial charge in [-0.2, -0.15) is 4.98 Å². The van der Waals surface area contributed by atoms with Gasteiger partial charge in [0.1, 0.15) is 5.82 Å². The van der Waals surface area contributed by atoms with Crippen LogP contribution in [-0.4, -0.2) is 64.4 Å². The molecule has 0 unspecified atom stereocenters. The monoisotopic (exact) mass is 456 g/mol. The van der Waals surface area contributed by atoms with Crippen LogP contribution in [0.1, 0.15) is 69.6 Å². The minimum atomic E-state index is -0.436. The maximum Gasteiger partial charge on any atom is 0.244 e. The van der Waals surface area contributed by atoms with Crippen LogP contribution < -0.4 is 10.4 Å². The van der Waals surface area contributed by atoms with E-state index in [4.69, 9.17) is 9.73 Å². The van der Waals surface area contributed by atoms with Gasteiger partial charge in [-0.25, -0.2) is 10.5 Å². The van der Waals surface area contributed by atoms with Gasteiger partial charge in [-0.15, -0.1) is 0 Å². The van der Waals surface area contributed by atoms with Gasteiger partial charge in [0.25, 0.3) is 0 Å². The van der Waals surface area contributed by atoms with Crippen molar-refractivity contribution in [1.29, 1.82) is 0 Å². The van der Waals surface area contributed by atoms with Crippen molar-refractivity contribution in [2.75, 3.05) is 32.1 Å². The van der Waals surface area contributed by atoms with Crippen LogP contribution in [0.2, 0.25) is 0 Å². The molecule has 33 heavy (non-hydrogen) atoms. The summed E-state index contributed by atoms with van der Waals surface area (Å²) in [5, 5.41) is 13.1. The molecule has 2 aliphatic rings. The van der Waals surface area contributed by atoms with Gasteiger partial charge in [-0.3, -0.25) is 10.0 Å². The van der Waals surface area contributed by atoms with E-state index < -0.39 is 5.91 Å². The van der Waals surface area contributed by atoms with Gasteiger partial charge < -0.3 is 14.3 Å². The highest BCUT2D eigenvalue weighted by Gasteiger charge is 2.29. The van der Waals surface area contributed by atoms with Crippen LogP contribution in [0.3, 0.4) is 0 Å². The molecule has 0 bridgehead atoms. The number of hydroxylamine groups is 1. The quantitative estimate of drug-likeness (QED) is 0.412. The zero-order valence-electron chi connectivity index (χ0n) is 19.7. The molecule has 2 aromatic rings. The van der Waals surface area contributed by atoms with Crippen LogP contribution in [0.15, 0.2) is 22.9 Å². The Hall–Kier alpha value is -2.52. The van der Waals surface area contributed by atoms with Crippen molar-refractivity contribution in [2.45, 2.75) is 69.7 Å². The van der Waals surface area contributed by atoms with Crippen molar-refractivity contribution < 1.29 is 14.5 Å². The molecule has 1 aliphatic carbocycles. The molecule has 180 valence electrons. The van der Waals surface area contributed by atoms with E-state index in [0.717, 1.165) is 49.7 Å². The maximum atomic E-state index is 11.9. The summed E-state index contributed by atoms with van der Waals surface area (Å²) in [5.41, 5.74) is 2.52. The fourth-order valence-electron chi connectivity index (χ4n) is 4.90. The molecule has 3 heterocycles. The molecule has 2 N–H and O–H groups in total. The number of pyridine rings is 1. The number of nitrogens with one attached hydrogen (secondary N) is 1. The van der Waals surface area contributed by atoms with Crippen LogP contribution in [-0.2, 0) is 4.79 Å². The molecule has 1 atom stereocenters. The number of nitrogens with zero attached hydrogens (tertiary/aromatic N) is 5. The molecular formula is C24H36N6O3. The minimum absolute atomic E-state index is 0.127. The van der Waals surface area contributed by atoms with Crippen molar-refractivity contribution in [3.8, 4) is 11.4 Å². The molecule has 2 aromatic heterocycles. The Balaban J connectivity index is 1.37. The van der Waals surface area contributed by atoms with Crippen molar-refractivity contribution >= 4 is 11.7 Å². The Morgan fingerprint density at radius 1 is 1.27 bits per heavy atom. The number of aromatic nitrogens is 3. The van der Waals surface area contributed by atoms with E-state index in [1.54, 1.807) is 11.7 Å². The standard InChI is InChI=1S/C24H36N6O3/c1-29(2)20-15-30(16-20)21-12-11-19(14-25-21)23-26-24(33-28-23)18(13-22(31)27-32)10-6-9-17-7-4-3-5-8-17/h11-12,14,17-18,20,32H,3-10,13,15-16H2,1-2H3,(H,27,31)/t18-/m1/s1. The van der Waals surface area contributed by atoms with Gasteiger partial charge in [-0.1, -0.05) is 50.1 Å². The first-order valence-electron chi connectivity index (χ1n) is 12.2. The third-order valence-electron chi connectivity index (χ3n) is 7.16. The normalized spacial score (nSPS) is 18.4. The fourth-order valence-corrected chi connectivity index (χ4v) is 4.90.